The summed E-state index contributed by atoms with van der Waals surface area (Å²) < 4.78 is 10.8. The van der Waals surface area contributed by atoms with Crippen LogP contribution in [0.4, 0.5) is 0 Å². The van der Waals surface area contributed by atoms with Crippen LogP contribution in [0.25, 0.3) is 0 Å². The van der Waals surface area contributed by atoms with Crippen LogP contribution in [0, 0.1) is 0 Å². The monoisotopic (exact) mass is 443 g/mol. The number of benzene rings is 1. The number of carbonyl (C=O) groups excluding carboxylic acids is 2. The molecule has 138 valence electrons. The molecule has 1 fully saturated rings. The van der Waals surface area contributed by atoms with Crippen LogP contribution in [0.3, 0.4) is 0 Å². The third-order valence-corrected chi connectivity index (χ3v) is 4.65. The van der Waals surface area contributed by atoms with Crippen molar-refractivity contribution in [1.82, 2.24) is 5.32 Å². The van der Waals surface area contributed by atoms with E-state index in [0.717, 1.165) is 11.8 Å². The number of ether oxygens (including phenoxy) is 2. The molecule has 1 atom stereocenters. The highest BCUT2D eigenvalue weighted by Crippen LogP contribution is 2.36. The Kier molecular flexibility index (Phi) is 6.75. The predicted octanol–water partition coefficient (Wildman–Crippen LogP) is 1.78. The number of methoxy groups -OCH3 is 1. The molecular weight excluding hydrogens is 430 g/mol. The van der Waals surface area contributed by atoms with Crippen LogP contribution in [0.2, 0.25) is 0 Å². The van der Waals surface area contributed by atoms with Gasteiger partial charge in [0.1, 0.15) is 5.25 Å². The zero-order valence-corrected chi connectivity index (χ0v) is 16.1. The number of carbonyl (C=O) groups is 3. The number of hydrogen-bond acceptors (Lipinski definition) is 8. The first kappa shape index (κ1) is 19.9. The summed E-state index contributed by atoms with van der Waals surface area (Å²) in [7, 11) is 1.43. The minimum absolute atomic E-state index is 0.222. The van der Waals surface area contributed by atoms with Crippen molar-refractivity contribution < 1.29 is 29.0 Å². The Labute approximate surface area is 161 Å². The Morgan fingerprint density at radius 2 is 2.19 bits per heavy atom. The summed E-state index contributed by atoms with van der Waals surface area (Å²) in [6, 6.07) is 3.25. The lowest BCUT2D eigenvalue weighted by atomic mass is 10.2. The van der Waals surface area contributed by atoms with Crippen molar-refractivity contribution in [2.24, 2.45) is 10.2 Å². The first-order valence-corrected chi connectivity index (χ1v) is 8.83. The van der Waals surface area contributed by atoms with Gasteiger partial charge in [-0.15, -0.1) is 5.10 Å². The number of halogens is 1. The largest absolute Gasteiger partial charge is 0.493 e. The van der Waals surface area contributed by atoms with E-state index in [4.69, 9.17) is 14.6 Å². The Hall–Kier alpha value is -2.40. The summed E-state index contributed by atoms with van der Waals surface area (Å²) in [5.41, 5.74) is 0.602. The Morgan fingerprint density at radius 3 is 2.81 bits per heavy atom. The van der Waals surface area contributed by atoms with E-state index in [1.165, 1.54) is 20.2 Å². The van der Waals surface area contributed by atoms with Crippen molar-refractivity contribution in [3.05, 3.63) is 22.2 Å². The number of hydrogen-bond donors (Lipinski definition) is 2. The van der Waals surface area contributed by atoms with E-state index in [-0.39, 0.29) is 17.3 Å². The van der Waals surface area contributed by atoms with Gasteiger partial charge in [0, 0.05) is 6.92 Å². The third-order valence-electron chi connectivity index (χ3n) is 2.99. The van der Waals surface area contributed by atoms with E-state index in [0.29, 0.717) is 15.8 Å². The van der Waals surface area contributed by atoms with Crippen molar-refractivity contribution in [2.75, 3.05) is 7.11 Å². The highest BCUT2D eigenvalue weighted by atomic mass is 79.9. The van der Waals surface area contributed by atoms with Gasteiger partial charge < -0.3 is 19.9 Å². The molecule has 9 nitrogen and oxygen atoms in total. The predicted molar refractivity (Wildman–Crippen MR) is 98.8 cm³/mol. The zero-order valence-electron chi connectivity index (χ0n) is 13.7. The van der Waals surface area contributed by atoms with E-state index < -0.39 is 23.1 Å². The van der Waals surface area contributed by atoms with E-state index in [1.54, 1.807) is 12.1 Å². The lowest BCUT2D eigenvalue weighted by Crippen LogP contribution is -2.26. The van der Waals surface area contributed by atoms with Crippen molar-refractivity contribution in [2.45, 2.75) is 18.6 Å². The molecule has 1 aromatic carbocycles. The number of aliphatic carboxylic acids is 1. The lowest BCUT2D eigenvalue weighted by Gasteiger charge is -2.10. The van der Waals surface area contributed by atoms with Crippen LogP contribution in [0.5, 0.6) is 11.5 Å². The fourth-order valence-corrected chi connectivity index (χ4v) is 3.41. The number of thioether (sulfide) groups is 1. The molecule has 0 aromatic heterocycles. The number of nitrogens with one attached hydrogen (secondary N) is 1. The van der Waals surface area contributed by atoms with Crippen LogP contribution in [-0.4, -0.2) is 46.7 Å². The molecular formula is C15H14BrN3O6S. The molecule has 26 heavy (non-hydrogen) atoms. The summed E-state index contributed by atoms with van der Waals surface area (Å²) in [6.07, 6.45) is 1.12. The molecule has 2 rings (SSSR count). The van der Waals surface area contributed by atoms with Gasteiger partial charge in [0.2, 0.25) is 5.91 Å². The number of rotatable bonds is 6. The standard InChI is InChI=1S/C15H14BrN3O6S/c1-7(20)25-13-9(16)3-8(4-10(13)24-2)6-17-19-15-18-14(23)11(26-15)5-12(21)22/h3-4,6,11H,5H2,1-2H3,(H,21,22)(H,18,19,23). The van der Waals surface area contributed by atoms with Crippen molar-refractivity contribution in [3.63, 3.8) is 0 Å². The number of nitrogens with zero attached hydrogens (tertiary/aromatic N) is 2. The maximum atomic E-state index is 11.6. The van der Waals surface area contributed by atoms with Crippen molar-refractivity contribution in [3.8, 4) is 11.5 Å². The highest BCUT2D eigenvalue weighted by molar-refractivity contribution is 9.10. The number of amidine groups is 1. The van der Waals surface area contributed by atoms with Crippen LogP contribution in [-0.2, 0) is 14.4 Å². The molecule has 1 unspecified atom stereocenters. The van der Waals surface area contributed by atoms with E-state index in [1.807, 2.05) is 0 Å². The van der Waals surface area contributed by atoms with Crippen molar-refractivity contribution >= 4 is 56.9 Å². The number of amides is 1. The first-order chi connectivity index (χ1) is 12.3. The fraction of sp³-hybridized carbons (Fsp3) is 0.267. The molecule has 0 aliphatic carbocycles. The fourth-order valence-electron chi connectivity index (χ4n) is 1.95. The average Bonchev–Trinajstić information content (AvgIpc) is 2.88. The van der Waals surface area contributed by atoms with Crippen molar-refractivity contribution in [1.29, 1.82) is 0 Å². The Balaban J connectivity index is 2.13. The van der Waals surface area contributed by atoms with Gasteiger partial charge in [0.25, 0.3) is 0 Å². The molecule has 0 spiro atoms. The normalized spacial score (nSPS) is 18.2. The molecule has 1 saturated heterocycles. The van der Waals surface area contributed by atoms with E-state index in [9.17, 15) is 14.4 Å². The SMILES string of the molecule is COc1cc(C=NN=C2NC(=O)C(CC(=O)O)S2)cc(Br)c1OC(C)=O. The van der Waals surface area contributed by atoms with Gasteiger partial charge in [-0.25, -0.2) is 0 Å². The maximum Gasteiger partial charge on any atom is 0.308 e. The van der Waals surface area contributed by atoms with Gasteiger partial charge >= 0.3 is 11.9 Å². The minimum Gasteiger partial charge on any atom is -0.493 e. The van der Waals surface area contributed by atoms with Crippen LogP contribution < -0.4 is 14.8 Å². The summed E-state index contributed by atoms with van der Waals surface area (Å²) >= 11 is 4.30. The molecule has 2 N–H and O–H groups in total. The van der Waals surface area contributed by atoms with E-state index in [2.05, 4.69) is 31.4 Å². The van der Waals surface area contributed by atoms with Crippen LogP contribution in [0.1, 0.15) is 18.9 Å². The second-order valence-corrected chi connectivity index (χ2v) is 7.02. The minimum atomic E-state index is -1.06. The van der Waals surface area contributed by atoms with Gasteiger partial charge in [-0.3, -0.25) is 14.4 Å². The molecule has 0 radical (unpaired) electrons. The molecule has 11 heteroatoms. The Bertz CT molecular complexity index is 811. The topological polar surface area (TPSA) is 127 Å². The number of carboxylic acids is 1. The van der Waals surface area contributed by atoms with Crippen LogP contribution in [0.15, 0.2) is 26.8 Å². The Morgan fingerprint density at radius 1 is 1.46 bits per heavy atom. The molecule has 1 aromatic rings. The summed E-state index contributed by atoms with van der Waals surface area (Å²) in [4.78, 5) is 33.4. The molecule has 1 aliphatic heterocycles. The number of esters is 1. The van der Waals surface area contributed by atoms with Gasteiger partial charge in [-0.05, 0) is 33.6 Å². The lowest BCUT2D eigenvalue weighted by molar-refractivity contribution is -0.138. The molecule has 0 bridgehead atoms. The molecule has 1 aliphatic rings. The first-order valence-electron chi connectivity index (χ1n) is 7.16. The summed E-state index contributed by atoms with van der Waals surface area (Å²) in [5, 5.41) is 18.4. The summed E-state index contributed by atoms with van der Waals surface area (Å²) in [5.74, 6) is -1.39. The van der Waals surface area contributed by atoms with Gasteiger partial charge in [-0.1, -0.05) is 11.8 Å². The smallest absolute Gasteiger partial charge is 0.308 e. The second-order valence-electron chi connectivity index (χ2n) is 4.97. The third kappa shape index (κ3) is 5.30. The maximum absolute atomic E-state index is 11.6. The van der Waals surface area contributed by atoms with Gasteiger partial charge in [0.15, 0.2) is 16.7 Å². The van der Waals surface area contributed by atoms with E-state index >= 15 is 0 Å². The quantitative estimate of drug-likeness (QED) is 0.296. The molecule has 1 heterocycles. The zero-order chi connectivity index (χ0) is 19.3. The van der Waals surface area contributed by atoms with Crippen LogP contribution >= 0.6 is 27.7 Å². The average molecular weight is 444 g/mol. The second kappa shape index (κ2) is 8.81. The van der Waals surface area contributed by atoms with Gasteiger partial charge in [0.05, 0.1) is 24.2 Å². The number of carboxylic acid groups (broad SMARTS) is 1. The highest BCUT2D eigenvalue weighted by Gasteiger charge is 2.32. The summed E-state index contributed by atoms with van der Waals surface area (Å²) in [6.45, 7) is 1.28. The molecule has 1 amide bonds. The van der Waals surface area contributed by atoms with Gasteiger partial charge in [-0.2, -0.15) is 5.10 Å². The molecule has 0 saturated carbocycles.